The molecule has 0 unspecified atom stereocenters. The highest BCUT2D eigenvalue weighted by molar-refractivity contribution is 7.89. The fourth-order valence-corrected chi connectivity index (χ4v) is 5.11. The van der Waals surface area contributed by atoms with Crippen molar-refractivity contribution in [2.24, 2.45) is 0 Å². The zero-order valence-corrected chi connectivity index (χ0v) is 17.2. The minimum Gasteiger partial charge on any atom is -0.497 e. The number of rotatable bonds is 6. The molecule has 9 heteroatoms. The second-order valence-corrected chi connectivity index (χ2v) is 8.73. The number of sulfonamides is 1. The van der Waals surface area contributed by atoms with Crippen LogP contribution in [0.2, 0.25) is 0 Å². The van der Waals surface area contributed by atoms with Gasteiger partial charge in [-0.1, -0.05) is 17.3 Å². The minimum absolute atomic E-state index is 0.121. The third kappa shape index (κ3) is 3.81. The number of piperazine rings is 1. The second kappa shape index (κ2) is 8.02. The summed E-state index contributed by atoms with van der Waals surface area (Å²) < 4.78 is 43.7. The lowest BCUT2D eigenvalue weighted by molar-refractivity contribution is 0.178. The van der Waals surface area contributed by atoms with Crippen LogP contribution in [0.25, 0.3) is 11.0 Å². The van der Waals surface area contributed by atoms with Gasteiger partial charge in [-0.05, 0) is 24.3 Å². The Morgan fingerprint density at radius 1 is 1.03 bits per heavy atom. The van der Waals surface area contributed by atoms with Crippen molar-refractivity contribution in [1.29, 1.82) is 0 Å². The average Bonchev–Trinajstić information content (AvgIpc) is 3.16. The molecule has 0 aliphatic carbocycles. The zero-order valence-electron chi connectivity index (χ0n) is 16.4. The van der Waals surface area contributed by atoms with Gasteiger partial charge in [0.2, 0.25) is 10.0 Å². The monoisotopic (exact) mass is 417 g/mol. The van der Waals surface area contributed by atoms with E-state index in [-0.39, 0.29) is 4.90 Å². The number of nitrogens with zero attached hydrogens (tertiary/aromatic N) is 3. The van der Waals surface area contributed by atoms with Gasteiger partial charge >= 0.3 is 0 Å². The molecule has 1 fully saturated rings. The molecule has 0 atom stereocenters. The van der Waals surface area contributed by atoms with Crippen molar-refractivity contribution in [3.8, 4) is 11.5 Å². The Bertz CT molecular complexity index is 1100. The van der Waals surface area contributed by atoms with E-state index in [1.165, 1.54) is 24.6 Å². The molecule has 1 aliphatic rings. The van der Waals surface area contributed by atoms with Crippen LogP contribution < -0.4 is 9.47 Å². The van der Waals surface area contributed by atoms with Crippen LogP contribution in [0.15, 0.2) is 51.9 Å². The average molecular weight is 417 g/mol. The van der Waals surface area contributed by atoms with Crippen LogP contribution in [0.1, 0.15) is 5.69 Å². The molecule has 2 heterocycles. The van der Waals surface area contributed by atoms with Crippen molar-refractivity contribution in [3.63, 3.8) is 0 Å². The van der Waals surface area contributed by atoms with E-state index >= 15 is 0 Å². The first-order chi connectivity index (χ1) is 14.0. The molecule has 0 bridgehead atoms. The fraction of sp³-hybridized carbons (Fsp3) is 0.350. The van der Waals surface area contributed by atoms with Gasteiger partial charge in [0.05, 0.1) is 14.2 Å². The first-order valence-corrected chi connectivity index (χ1v) is 10.7. The Kier molecular flexibility index (Phi) is 5.44. The molecular formula is C20H23N3O5S. The van der Waals surface area contributed by atoms with E-state index in [9.17, 15) is 8.42 Å². The molecule has 29 heavy (non-hydrogen) atoms. The van der Waals surface area contributed by atoms with Gasteiger partial charge in [-0.25, -0.2) is 8.42 Å². The van der Waals surface area contributed by atoms with Crippen molar-refractivity contribution < 1.29 is 22.4 Å². The number of hydrogen-bond donors (Lipinski definition) is 0. The van der Waals surface area contributed by atoms with Crippen molar-refractivity contribution >= 4 is 21.0 Å². The quantitative estimate of drug-likeness (QED) is 0.609. The molecule has 154 valence electrons. The summed E-state index contributed by atoms with van der Waals surface area (Å²) in [6, 6.07) is 12.5. The van der Waals surface area contributed by atoms with Crippen LogP contribution in [-0.2, 0) is 16.6 Å². The van der Waals surface area contributed by atoms with Gasteiger partial charge in [0.1, 0.15) is 22.1 Å². The Hall–Kier alpha value is -2.62. The van der Waals surface area contributed by atoms with Crippen molar-refractivity contribution in [2.45, 2.75) is 11.4 Å². The van der Waals surface area contributed by atoms with Crippen LogP contribution >= 0.6 is 0 Å². The highest BCUT2D eigenvalue weighted by Crippen LogP contribution is 2.31. The predicted octanol–water partition coefficient (Wildman–Crippen LogP) is 2.35. The van der Waals surface area contributed by atoms with E-state index < -0.39 is 10.0 Å². The van der Waals surface area contributed by atoms with Gasteiger partial charge in [0.15, 0.2) is 5.58 Å². The summed E-state index contributed by atoms with van der Waals surface area (Å²) in [4.78, 5) is 2.30. The minimum atomic E-state index is -3.69. The van der Waals surface area contributed by atoms with E-state index in [0.29, 0.717) is 44.2 Å². The molecule has 0 N–H and O–H groups in total. The molecule has 0 amide bonds. The lowest BCUT2D eigenvalue weighted by atomic mass is 10.2. The molecular weight excluding hydrogens is 394 g/mol. The summed E-state index contributed by atoms with van der Waals surface area (Å²) in [5.74, 6) is 0.781. The van der Waals surface area contributed by atoms with Gasteiger partial charge in [0, 0.05) is 44.2 Å². The Labute approximate surface area is 169 Å². The van der Waals surface area contributed by atoms with E-state index in [1.54, 1.807) is 12.1 Å². The topological polar surface area (TPSA) is 85.1 Å². The van der Waals surface area contributed by atoms with Crippen molar-refractivity contribution in [3.05, 3.63) is 48.2 Å². The van der Waals surface area contributed by atoms with Gasteiger partial charge in [-0.15, -0.1) is 0 Å². The number of aromatic nitrogens is 1. The van der Waals surface area contributed by atoms with E-state index in [2.05, 4.69) is 10.1 Å². The number of ether oxygens (including phenoxy) is 2. The third-order valence-corrected chi connectivity index (χ3v) is 7.07. The first kappa shape index (κ1) is 19.7. The summed E-state index contributed by atoms with van der Waals surface area (Å²) in [5.41, 5.74) is 1.63. The highest BCUT2D eigenvalue weighted by atomic mass is 32.2. The van der Waals surface area contributed by atoms with Gasteiger partial charge in [-0.3, -0.25) is 4.90 Å². The molecule has 0 saturated carbocycles. The largest absolute Gasteiger partial charge is 0.497 e. The lowest BCUT2D eigenvalue weighted by Crippen LogP contribution is -2.48. The number of para-hydroxylation sites is 1. The number of benzene rings is 2. The van der Waals surface area contributed by atoms with Crippen LogP contribution in [0.4, 0.5) is 0 Å². The molecule has 3 aromatic rings. The summed E-state index contributed by atoms with van der Waals surface area (Å²) in [7, 11) is -0.726. The molecule has 4 rings (SSSR count). The molecule has 2 aromatic carbocycles. The normalized spacial score (nSPS) is 16.2. The number of methoxy groups -OCH3 is 2. The molecule has 1 saturated heterocycles. The Morgan fingerprint density at radius 2 is 1.79 bits per heavy atom. The zero-order chi connectivity index (χ0) is 20.4. The van der Waals surface area contributed by atoms with E-state index in [4.69, 9.17) is 14.0 Å². The Balaban J connectivity index is 1.48. The standard InChI is InChI=1S/C20H23N3O5S/c1-26-15-7-8-19(27-2)20(13-15)29(24,25)23-11-9-22(10-12-23)14-17-16-5-3-4-6-18(16)28-21-17/h3-8,13H,9-12,14H2,1-2H3. The summed E-state index contributed by atoms with van der Waals surface area (Å²) in [5, 5.41) is 5.16. The maximum atomic E-state index is 13.2. The third-order valence-electron chi connectivity index (χ3n) is 5.15. The lowest BCUT2D eigenvalue weighted by Gasteiger charge is -2.33. The smallest absolute Gasteiger partial charge is 0.246 e. The highest BCUT2D eigenvalue weighted by Gasteiger charge is 2.31. The molecule has 0 spiro atoms. The number of fused-ring (bicyclic) bond motifs is 1. The maximum Gasteiger partial charge on any atom is 0.246 e. The van der Waals surface area contributed by atoms with Crippen LogP contribution in [-0.4, -0.2) is 63.2 Å². The van der Waals surface area contributed by atoms with E-state index in [0.717, 1.165) is 16.7 Å². The number of hydrogen-bond acceptors (Lipinski definition) is 7. The fourth-order valence-electron chi connectivity index (χ4n) is 3.52. The van der Waals surface area contributed by atoms with Crippen LogP contribution in [0, 0.1) is 0 Å². The van der Waals surface area contributed by atoms with Gasteiger partial charge in [-0.2, -0.15) is 4.31 Å². The van der Waals surface area contributed by atoms with Gasteiger partial charge < -0.3 is 14.0 Å². The SMILES string of the molecule is COc1ccc(OC)c(S(=O)(=O)N2CCN(Cc3noc4ccccc34)CC2)c1. The summed E-state index contributed by atoms with van der Waals surface area (Å²) >= 11 is 0. The van der Waals surface area contributed by atoms with Gasteiger partial charge in [0.25, 0.3) is 0 Å². The maximum absolute atomic E-state index is 13.2. The molecule has 0 radical (unpaired) electrons. The summed E-state index contributed by atoms with van der Waals surface area (Å²) in [6.45, 7) is 2.60. The predicted molar refractivity (Wildman–Crippen MR) is 108 cm³/mol. The molecule has 8 nitrogen and oxygen atoms in total. The molecule has 1 aliphatic heterocycles. The second-order valence-electron chi connectivity index (χ2n) is 6.82. The van der Waals surface area contributed by atoms with Crippen molar-refractivity contribution in [1.82, 2.24) is 14.4 Å². The molecule has 1 aromatic heterocycles. The van der Waals surface area contributed by atoms with Crippen LogP contribution in [0.5, 0.6) is 11.5 Å². The summed E-state index contributed by atoms with van der Waals surface area (Å²) in [6.07, 6.45) is 0. The van der Waals surface area contributed by atoms with Crippen molar-refractivity contribution in [2.75, 3.05) is 40.4 Å². The first-order valence-electron chi connectivity index (χ1n) is 9.31. The van der Waals surface area contributed by atoms with E-state index in [1.807, 2.05) is 24.3 Å². The Morgan fingerprint density at radius 3 is 2.52 bits per heavy atom. The van der Waals surface area contributed by atoms with Crippen LogP contribution in [0.3, 0.4) is 0 Å².